The van der Waals surface area contributed by atoms with Crippen LogP contribution in [0.1, 0.15) is 12.8 Å². The Morgan fingerprint density at radius 3 is 3.33 bits per heavy atom. The molecule has 0 aromatic rings. The van der Waals surface area contributed by atoms with Gasteiger partial charge in [0.2, 0.25) is 0 Å². The molecule has 0 spiro atoms. The van der Waals surface area contributed by atoms with Crippen LogP contribution in [0.25, 0.3) is 0 Å². The van der Waals surface area contributed by atoms with Crippen LogP contribution < -0.4 is 0 Å². The van der Waals surface area contributed by atoms with Crippen LogP contribution in [0.2, 0.25) is 0 Å². The number of ether oxygens (including phenoxy) is 1. The van der Waals surface area contributed by atoms with Crippen molar-refractivity contribution in [3.63, 3.8) is 0 Å². The standard InChI is InChI=1S/C8H8O/c1-3-7-4-2-6-9-8(7)5-1/h2,4-6H,1,3H2. The first-order valence-electron chi connectivity index (χ1n) is 3.20. The predicted molar refractivity (Wildman–Crippen MR) is 35.6 cm³/mol. The Kier molecular flexibility index (Phi) is 0.950. The molecule has 0 unspecified atom stereocenters. The van der Waals surface area contributed by atoms with Crippen molar-refractivity contribution >= 4 is 0 Å². The summed E-state index contributed by atoms with van der Waals surface area (Å²) >= 11 is 0. The molecule has 2 rings (SSSR count). The summed E-state index contributed by atoms with van der Waals surface area (Å²) in [6.07, 6.45) is 10.2. The molecule has 1 heterocycles. The van der Waals surface area contributed by atoms with Gasteiger partial charge in [-0.2, -0.15) is 0 Å². The number of allylic oxidation sites excluding steroid dienone is 4. The van der Waals surface area contributed by atoms with Gasteiger partial charge in [-0.15, -0.1) is 0 Å². The molecule has 0 fully saturated rings. The second-order valence-corrected chi connectivity index (χ2v) is 2.25. The summed E-state index contributed by atoms with van der Waals surface area (Å²) in [5, 5.41) is 0. The quantitative estimate of drug-likeness (QED) is 0.476. The molecular formula is C8H8O. The summed E-state index contributed by atoms with van der Waals surface area (Å²) in [4.78, 5) is 0. The molecule has 9 heavy (non-hydrogen) atoms. The summed E-state index contributed by atoms with van der Waals surface area (Å²) in [7, 11) is 0. The smallest absolute Gasteiger partial charge is 0.125 e. The molecule has 1 nitrogen and oxygen atoms in total. The van der Waals surface area contributed by atoms with Crippen molar-refractivity contribution in [1.82, 2.24) is 0 Å². The lowest BCUT2D eigenvalue weighted by Crippen LogP contribution is -1.88. The minimum Gasteiger partial charge on any atom is -0.465 e. The van der Waals surface area contributed by atoms with Crippen molar-refractivity contribution < 1.29 is 4.74 Å². The fourth-order valence-electron chi connectivity index (χ4n) is 1.17. The lowest BCUT2D eigenvalue weighted by molar-refractivity contribution is 0.359. The molecular weight excluding hydrogens is 112 g/mol. The van der Waals surface area contributed by atoms with Gasteiger partial charge in [-0.05, 0) is 30.6 Å². The highest BCUT2D eigenvalue weighted by Gasteiger charge is 2.12. The van der Waals surface area contributed by atoms with E-state index in [2.05, 4.69) is 12.2 Å². The summed E-state index contributed by atoms with van der Waals surface area (Å²) in [5.74, 6) is 1.07. The topological polar surface area (TPSA) is 9.23 Å². The van der Waals surface area contributed by atoms with E-state index in [4.69, 9.17) is 4.74 Å². The molecule has 1 heteroatoms. The molecule has 46 valence electrons. The Labute approximate surface area is 54.3 Å². The maximum atomic E-state index is 5.21. The molecule has 0 aromatic carbocycles. The maximum absolute atomic E-state index is 5.21. The maximum Gasteiger partial charge on any atom is 0.125 e. The first-order valence-corrected chi connectivity index (χ1v) is 3.20. The van der Waals surface area contributed by atoms with Gasteiger partial charge in [0.15, 0.2) is 0 Å². The second-order valence-electron chi connectivity index (χ2n) is 2.25. The van der Waals surface area contributed by atoms with Crippen molar-refractivity contribution in [3.05, 3.63) is 35.8 Å². The summed E-state index contributed by atoms with van der Waals surface area (Å²) in [6, 6.07) is 0. The molecule has 0 bridgehead atoms. The van der Waals surface area contributed by atoms with Gasteiger partial charge < -0.3 is 4.74 Å². The molecule has 2 aliphatic rings. The van der Waals surface area contributed by atoms with Gasteiger partial charge >= 0.3 is 0 Å². The van der Waals surface area contributed by atoms with Crippen LogP contribution in [0.15, 0.2) is 35.8 Å². The third-order valence-corrected chi connectivity index (χ3v) is 1.63. The molecule has 1 aliphatic heterocycles. The zero-order chi connectivity index (χ0) is 6.10. The molecule has 1 aliphatic carbocycles. The van der Waals surface area contributed by atoms with E-state index in [9.17, 15) is 0 Å². The van der Waals surface area contributed by atoms with E-state index in [1.807, 2.05) is 6.08 Å². The average Bonchev–Trinajstić information content (AvgIpc) is 2.33. The normalized spacial score (nSPS) is 22.2. The van der Waals surface area contributed by atoms with Crippen LogP contribution >= 0.6 is 0 Å². The van der Waals surface area contributed by atoms with E-state index in [0.29, 0.717) is 0 Å². The highest BCUT2D eigenvalue weighted by atomic mass is 16.5. The van der Waals surface area contributed by atoms with Crippen LogP contribution in [0.3, 0.4) is 0 Å². The van der Waals surface area contributed by atoms with Crippen molar-refractivity contribution in [1.29, 1.82) is 0 Å². The number of hydrogen-bond donors (Lipinski definition) is 0. The highest BCUT2D eigenvalue weighted by molar-refractivity contribution is 5.36. The Balaban J connectivity index is 2.37. The summed E-state index contributed by atoms with van der Waals surface area (Å²) in [5.41, 5.74) is 1.34. The zero-order valence-corrected chi connectivity index (χ0v) is 5.13. The van der Waals surface area contributed by atoms with E-state index < -0.39 is 0 Å². The van der Waals surface area contributed by atoms with E-state index in [0.717, 1.165) is 18.6 Å². The molecule has 0 N–H and O–H groups in total. The Morgan fingerprint density at radius 1 is 1.44 bits per heavy atom. The van der Waals surface area contributed by atoms with E-state index >= 15 is 0 Å². The molecule has 0 saturated heterocycles. The summed E-state index contributed by atoms with van der Waals surface area (Å²) < 4.78 is 5.21. The monoisotopic (exact) mass is 120 g/mol. The third-order valence-electron chi connectivity index (χ3n) is 1.63. The summed E-state index contributed by atoms with van der Waals surface area (Å²) in [6.45, 7) is 0. The molecule has 0 aromatic heterocycles. The average molecular weight is 120 g/mol. The Hall–Kier alpha value is -0.980. The number of hydrogen-bond acceptors (Lipinski definition) is 1. The SMILES string of the molecule is C1=COC2=CCCC2=C1. The Bertz CT molecular complexity index is 209. The lowest BCUT2D eigenvalue weighted by Gasteiger charge is -2.06. The van der Waals surface area contributed by atoms with Crippen LogP contribution in [0.4, 0.5) is 0 Å². The fraction of sp³-hybridized carbons (Fsp3) is 0.250. The van der Waals surface area contributed by atoms with Crippen LogP contribution in [-0.2, 0) is 4.74 Å². The molecule has 0 amide bonds. The lowest BCUT2D eigenvalue weighted by atomic mass is 10.2. The van der Waals surface area contributed by atoms with Crippen LogP contribution in [0.5, 0.6) is 0 Å². The van der Waals surface area contributed by atoms with Gasteiger partial charge in [0.25, 0.3) is 0 Å². The zero-order valence-electron chi connectivity index (χ0n) is 5.13. The van der Waals surface area contributed by atoms with Gasteiger partial charge in [0.05, 0.1) is 6.26 Å². The van der Waals surface area contributed by atoms with E-state index in [1.54, 1.807) is 6.26 Å². The Morgan fingerprint density at radius 2 is 2.44 bits per heavy atom. The van der Waals surface area contributed by atoms with Gasteiger partial charge in [0, 0.05) is 0 Å². The number of fused-ring (bicyclic) bond motifs is 1. The first-order chi connectivity index (χ1) is 4.47. The van der Waals surface area contributed by atoms with Gasteiger partial charge in [0.1, 0.15) is 5.76 Å². The molecule has 0 radical (unpaired) electrons. The van der Waals surface area contributed by atoms with E-state index in [1.165, 1.54) is 5.57 Å². The van der Waals surface area contributed by atoms with Gasteiger partial charge in [-0.3, -0.25) is 0 Å². The largest absolute Gasteiger partial charge is 0.465 e. The first kappa shape index (κ1) is 4.86. The minimum absolute atomic E-state index is 1.07. The minimum atomic E-state index is 1.07. The van der Waals surface area contributed by atoms with Crippen molar-refractivity contribution in [2.75, 3.05) is 0 Å². The van der Waals surface area contributed by atoms with Crippen LogP contribution in [0, 0.1) is 0 Å². The fourth-order valence-corrected chi connectivity index (χ4v) is 1.17. The van der Waals surface area contributed by atoms with Crippen LogP contribution in [-0.4, -0.2) is 0 Å². The second kappa shape index (κ2) is 1.76. The molecule has 0 saturated carbocycles. The van der Waals surface area contributed by atoms with E-state index in [-0.39, 0.29) is 0 Å². The van der Waals surface area contributed by atoms with Crippen molar-refractivity contribution in [2.45, 2.75) is 12.8 Å². The third kappa shape index (κ3) is 0.689. The van der Waals surface area contributed by atoms with Crippen molar-refractivity contribution in [2.24, 2.45) is 0 Å². The molecule has 0 atom stereocenters. The van der Waals surface area contributed by atoms with Gasteiger partial charge in [-0.25, -0.2) is 0 Å². The van der Waals surface area contributed by atoms with Crippen molar-refractivity contribution in [3.8, 4) is 0 Å². The van der Waals surface area contributed by atoms with Gasteiger partial charge in [-0.1, -0.05) is 6.08 Å². The predicted octanol–water partition coefficient (Wildman–Crippen LogP) is 2.13. The highest BCUT2D eigenvalue weighted by Crippen LogP contribution is 2.27. The number of rotatable bonds is 0.